The quantitative estimate of drug-likeness (QED) is 0.330. The molecule has 0 amide bonds. The minimum absolute atomic E-state index is 0.156. The summed E-state index contributed by atoms with van der Waals surface area (Å²) < 4.78 is 46.8. The van der Waals surface area contributed by atoms with E-state index in [0.717, 1.165) is 22.2 Å². The van der Waals surface area contributed by atoms with E-state index in [1.54, 1.807) is 29.1 Å². The maximum Gasteiger partial charge on any atom is 0.401 e. The number of benzene rings is 1. The van der Waals surface area contributed by atoms with E-state index in [2.05, 4.69) is 25.9 Å². The van der Waals surface area contributed by atoms with Crippen molar-refractivity contribution in [2.24, 2.45) is 12.5 Å². The van der Waals surface area contributed by atoms with E-state index in [1.165, 1.54) is 4.90 Å². The zero-order valence-corrected chi connectivity index (χ0v) is 24.8. The van der Waals surface area contributed by atoms with Gasteiger partial charge in [0.2, 0.25) is 0 Å². The van der Waals surface area contributed by atoms with Gasteiger partial charge in [-0.25, -0.2) is 9.97 Å². The number of aliphatic hydroxyl groups is 1. The number of alkyl halides is 3. The van der Waals surface area contributed by atoms with Crippen LogP contribution in [-0.2, 0) is 7.05 Å². The first-order valence-corrected chi connectivity index (χ1v) is 14.3. The summed E-state index contributed by atoms with van der Waals surface area (Å²) in [5, 5.41) is 14.9. The second-order valence-electron chi connectivity index (χ2n) is 10.8. The van der Waals surface area contributed by atoms with Crippen molar-refractivity contribution >= 4 is 33.3 Å². The molecule has 8 nitrogen and oxygen atoms in total. The van der Waals surface area contributed by atoms with Gasteiger partial charge in [0.1, 0.15) is 23.9 Å². The summed E-state index contributed by atoms with van der Waals surface area (Å²) >= 11 is 10.2. The van der Waals surface area contributed by atoms with Crippen LogP contribution in [0.3, 0.4) is 0 Å². The molecule has 40 heavy (non-hydrogen) atoms. The van der Waals surface area contributed by atoms with Crippen LogP contribution in [0.5, 0.6) is 5.75 Å². The van der Waals surface area contributed by atoms with Crippen LogP contribution in [0, 0.1) is 12.3 Å². The van der Waals surface area contributed by atoms with Crippen LogP contribution in [0.25, 0.3) is 22.8 Å². The van der Waals surface area contributed by atoms with Crippen molar-refractivity contribution in [2.75, 3.05) is 44.2 Å². The molecule has 1 atom stereocenters. The van der Waals surface area contributed by atoms with Gasteiger partial charge in [-0.2, -0.15) is 18.3 Å². The zero-order chi connectivity index (χ0) is 28.8. The van der Waals surface area contributed by atoms with Crippen LogP contribution in [0.2, 0.25) is 5.02 Å². The summed E-state index contributed by atoms with van der Waals surface area (Å²) in [5.74, 6) is 1.63. The van der Waals surface area contributed by atoms with Gasteiger partial charge in [-0.15, -0.1) is 0 Å². The van der Waals surface area contributed by atoms with Crippen LogP contribution >= 0.6 is 27.5 Å². The van der Waals surface area contributed by atoms with Crippen LogP contribution in [0.15, 0.2) is 28.9 Å². The number of hydrogen-bond donors (Lipinski definition) is 1. The fraction of sp³-hybridized carbons (Fsp3) is 0.519. The average molecular weight is 644 g/mol. The molecule has 216 valence electrons. The fourth-order valence-corrected chi connectivity index (χ4v) is 6.33. The Morgan fingerprint density at radius 3 is 2.55 bits per heavy atom. The van der Waals surface area contributed by atoms with Crippen LogP contribution in [-0.4, -0.2) is 81.4 Å². The number of hydrogen-bond acceptors (Lipinski definition) is 7. The predicted molar refractivity (Wildman–Crippen MR) is 151 cm³/mol. The highest BCUT2D eigenvalue weighted by molar-refractivity contribution is 9.10. The summed E-state index contributed by atoms with van der Waals surface area (Å²) in [6, 6.07) is 5.21. The number of rotatable bonds is 9. The molecule has 2 aromatic heterocycles. The summed E-state index contributed by atoms with van der Waals surface area (Å²) in [4.78, 5) is 13.3. The highest BCUT2D eigenvalue weighted by Gasteiger charge is 2.54. The summed E-state index contributed by atoms with van der Waals surface area (Å²) in [6.07, 6.45) is -1.58. The molecule has 0 saturated carbocycles. The van der Waals surface area contributed by atoms with E-state index < -0.39 is 18.8 Å². The minimum atomic E-state index is -4.19. The zero-order valence-electron chi connectivity index (χ0n) is 22.5. The van der Waals surface area contributed by atoms with Crippen molar-refractivity contribution in [3.05, 3.63) is 39.5 Å². The molecule has 1 N–H and O–H groups in total. The molecule has 4 heterocycles. The first-order chi connectivity index (χ1) is 18.9. The molecular formula is C27H31BrClF3N6O2. The van der Waals surface area contributed by atoms with E-state index in [1.807, 2.05) is 20.9 Å². The summed E-state index contributed by atoms with van der Waals surface area (Å²) in [6.45, 7) is 5.25. The van der Waals surface area contributed by atoms with Gasteiger partial charge in [0, 0.05) is 49.8 Å². The van der Waals surface area contributed by atoms with E-state index >= 15 is 0 Å². The summed E-state index contributed by atoms with van der Waals surface area (Å²) in [5.41, 5.74) is 2.67. The lowest BCUT2D eigenvalue weighted by atomic mass is 9.72. The third-order valence-corrected chi connectivity index (χ3v) is 8.26. The largest absolute Gasteiger partial charge is 0.491 e. The lowest BCUT2D eigenvalue weighted by Gasteiger charge is -2.61. The molecule has 2 aliphatic rings. The molecule has 2 saturated heterocycles. The molecule has 0 radical (unpaired) electrons. The van der Waals surface area contributed by atoms with Gasteiger partial charge in [-0.1, -0.05) is 24.9 Å². The third-order valence-electron chi connectivity index (χ3n) is 7.35. The number of likely N-dealkylation sites (tertiary alicyclic amines) is 1. The van der Waals surface area contributed by atoms with Crippen molar-refractivity contribution < 1.29 is 23.0 Å². The van der Waals surface area contributed by atoms with Crippen molar-refractivity contribution in [1.82, 2.24) is 24.6 Å². The van der Waals surface area contributed by atoms with E-state index in [0.29, 0.717) is 66.3 Å². The third kappa shape index (κ3) is 5.95. The Hall–Kier alpha value is -2.41. The van der Waals surface area contributed by atoms with Gasteiger partial charge >= 0.3 is 6.18 Å². The van der Waals surface area contributed by atoms with E-state index in [9.17, 15) is 18.3 Å². The lowest BCUT2D eigenvalue weighted by Crippen LogP contribution is -2.73. The second-order valence-corrected chi connectivity index (χ2v) is 12.1. The number of aryl methyl sites for hydroxylation is 1. The monoisotopic (exact) mass is 642 g/mol. The number of nitrogens with zero attached hydrogens (tertiary/aromatic N) is 6. The minimum Gasteiger partial charge on any atom is -0.491 e. The maximum absolute atomic E-state index is 12.8. The molecule has 2 aliphatic heterocycles. The van der Waals surface area contributed by atoms with Crippen molar-refractivity contribution in [3.63, 3.8) is 0 Å². The molecular weight excluding hydrogens is 613 g/mol. The topological polar surface area (TPSA) is 79.5 Å². The van der Waals surface area contributed by atoms with Gasteiger partial charge < -0.3 is 14.7 Å². The average Bonchev–Trinajstić information content (AvgIpc) is 3.17. The van der Waals surface area contributed by atoms with Gasteiger partial charge in [0.15, 0.2) is 5.82 Å². The predicted octanol–water partition coefficient (Wildman–Crippen LogP) is 5.49. The van der Waals surface area contributed by atoms with Gasteiger partial charge in [0.25, 0.3) is 0 Å². The molecule has 0 bridgehead atoms. The van der Waals surface area contributed by atoms with Crippen LogP contribution in [0.4, 0.5) is 19.0 Å². The first kappa shape index (κ1) is 29.1. The van der Waals surface area contributed by atoms with Crippen LogP contribution in [0.1, 0.15) is 25.3 Å². The molecule has 1 aromatic carbocycles. The van der Waals surface area contributed by atoms with Crippen molar-refractivity contribution in [1.29, 1.82) is 0 Å². The van der Waals surface area contributed by atoms with Crippen molar-refractivity contribution in [3.8, 4) is 28.5 Å². The Morgan fingerprint density at radius 2 is 1.93 bits per heavy atom. The van der Waals surface area contributed by atoms with Gasteiger partial charge in [-0.05, 0) is 47.5 Å². The lowest BCUT2D eigenvalue weighted by molar-refractivity contribution is -0.172. The Bertz CT molecular complexity index is 1370. The molecule has 1 spiro atoms. The highest BCUT2D eigenvalue weighted by Crippen LogP contribution is 2.45. The standard InChI is InChI=1S/C27H31BrClF3N6O2/c1-4-5-17(39)10-40-18-6-7-21(29)19(8-18)24-34-22(23-20(28)9-33-36(23)3)16(2)25(35-24)38-13-26(14-38)11-37(12-26)15-27(30,31)32/h6-9,17,39H,4-5,10-15H2,1-3H3/t17-/m1/s1. The van der Waals surface area contributed by atoms with Crippen molar-refractivity contribution in [2.45, 2.75) is 39.0 Å². The normalized spacial score (nSPS) is 17.6. The molecule has 0 unspecified atom stereocenters. The number of aliphatic hydroxyl groups excluding tert-OH is 1. The van der Waals surface area contributed by atoms with E-state index in [-0.39, 0.29) is 12.0 Å². The Labute approximate surface area is 244 Å². The first-order valence-electron chi connectivity index (χ1n) is 13.1. The number of aromatic nitrogens is 4. The highest BCUT2D eigenvalue weighted by atomic mass is 79.9. The molecule has 5 rings (SSSR count). The van der Waals surface area contributed by atoms with Gasteiger partial charge in [-0.3, -0.25) is 9.58 Å². The van der Waals surface area contributed by atoms with Crippen LogP contribution < -0.4 is 9.64 Å². The Balaban J connectivity index is 1.47. The molecule has 3 aromatic rings. The number of ether oxygens (including phenoxy) is 1. The second kappa shape index (κ2) is 11.1. The number of anilines is 1. The number of halogens is 5. The molecule has 13 heteroatoms. The Morgan fingerprint density at radius 1 is 1.20 bits per heavy atom. The molecule has 2 fully saturated rings. The SMILES string of the molecule is CCC[C@@H](O)COc1ccc(Cl)c(-c2nc(-c3c(Br)cnn3C)c(C)c(N3CC4(CN(CC(F)(F)F)C4)C3)n2)c1. The Kier molecular flexibility index (Phi) is 8.08. The summed E-state index contributed by atoms with van der Waals surface area (Å²) in [7, 11) is 1.83. The fourth-order valence-electron chi connectivity index (χ4n) is 5.60. The maximum atomic E-state index is 12.8. The smallest absolute Gasteiger partial charge is 0.401 e. The molecule has 0 aliphatic carbocycles. The van der Waals surface area contributed by atoms with Gasteiger partial charge in [0.05, 0.1) is 34.0 Å². The van der Waals surface area contributed by atoms with E-state index in [4.69, 9.17) is 26.3 Å².